The standard InChI is InChI=1S/C56H41N3O/c1-54(2)44-23-11-13-25-46(44)56(47-26-14-12-24-45(47)54)43-32-30-36(37-29-31-40-39-21-10-15-28-49(39)60-50(40)34-37)33-42(43)51-41(22-16-27-48(51)56)53-57-52(35-17-6-4-7-18-35)58-55(3,59-53)38-19-8-5-9-20-38/h4-6,8-17,19-33,37H,34H2,1-3H3,(H,57,58,59)/t37?,55-/m0/s1. The Morgan fingerprint density at radius 3 is 2.10 bits per heavy atom. The van der Waals surface area contributed by atoms with Crippen molar-refractivity contribution in [2.45, 2.75) is 49.6 Å². The maximum Gasteiger partial charge on any atom is 0.177 e. The predicted octanol–water partition coefficient (Wildman–Crippen LogP) is 12.1. The Morgan fingerprint density at radius 2 is 1.33 bits per heavy atom. The molecule has 1 unspecified atom stereocenters. The van der Waals surface area contributed by atoms with Gasteiger partial charge in [0, 0.05) is 39.8 Å². The van der Waals surface area contributed by atoms with Crippen molar-refractivity contribution < 1.29 is 4.42 Å². The minimum atomic E-state index is -0.893. The Labute approximate surface area is 350 Å². The molecule has 3 aliphatic carbocycles. The molecule has 4 nitrogen and oxygen atoms in total. The summed E-state index contributed by atoms with van der Waals surface area (Å²) in [6.45, 7) is 6.85. The SMILES string of the molecule is CC1(C)c2ccccc2C2(c3ccc(C4C=Cc5c(oc6ccccc56)C4)cc3-c3c(C4=N[C@@](C)(c5ccccc5)N=C(c5c#cccc5)N4)cccc32)c2ccccc21. The van der Waals surface area contributed by atoms with Crippen molar-refractivity contribution in [3.63, 3.8) is 0 Å². The van der Waals surface area contributed by atoms with Gasteiger partial charge >= 0.3 is 0 Å². The lowest BCUT2D eigenvalue weighted by Crippen LogP contribution is -2.41. The van der Waals surface area contributed by atoms with Crippen LogP contribution in [0.3, 0.4) is 0 Å². The molecule has 12 rings (SSSR count). The van der Waals surface area contributed by atoms with Crippen molar-refractivity contribution in [2.75, 3.05) is 0 Å². The highest BCUT2D eigenvalue weighted by Gasteiger charge is 2.54. The van der Waals surface area contributed by atoms with E-state index < -0.39 is 11.1 Å². The van der Waals surface area contributed by atoms with E-state index in [0.717, 1.165) is 40.3 Å². The third-order valence-electron chi connectivity index (χ3n) is 13.6. The Balaban J connectivity index is 1.12. The normalized spacial score (nSPS) is 19.8. The van der Waals surface area contributed by atoms with E-state index in [2.05, 4.69) is 178 Å². The van der Waals surface area contributed by atoms with Gasteiger partial charge in [-0.25, -0.2) is 9.98 Å². The van der Waals surface area contributed by atoms with Crippen molar-refractivity contribution in [1.29, 1.82) is 0 Å². The van der Waals surface area contributed by atoms with Crippen LogP contribution >= 0.6 is 0 Å². The van der Waals surface area contributed by atoms with E-state index in [9.17, 15) is 0 Å². The van der Waals surface area contributed by atoms with Gasteiger partial charge in [0.15, 0.2) is 5.66 Å². The number of fused-ring (bicyclic) bond motifs is 12. The van der Waals surface area contributed by atoms with E-state index in [0.29, 0.717) is 5.84 Å². The summed E-state index contributed by atoms with van der Waals surface area (Å²) in [6, 6.07) is 63.4. The first-order valence-electron chi connectivity index (χ1n) is 20.9. The molecular formula is C56H41N3O. The van der Waals surface area contributed by atoms with Crippen LogP contribution in [0.5, 0.6) is 0 Å². The number of hydrogen-bond donors (Lipinski definition) is 1. The summed E-state index contributed by atoms with van der Waals surface area (Å²) >= 11 is 0. The van der Waals surface area contributed by atoms with Gasteiger partial charge < -0.3 is 9.73 Å². The van der Waals surface area contributed by atoms with Crippen LogP contribution < -0.4 is 5.32 Å². The number of nitrogens with zero attached hydrogens (tertiary/aromatic N) is 2. The molecule has 1 aliphatic heterocycles. The molecule has 0 fully saturated rings. The highest BCUT2D eigenvalue weighted by Crippen LogP contribution is 2.63. The minimum Gasteiger partial charge on any atom is -0.460 e. The van der Waals surface area contributed by atoms with Crippen molar-refractivity contribution in [1.82, 2.24) is 5.32 Å². The van der Waals surface area contributed by atoms with Crippen LogP contribution in [0.25, 0.3) is 28.2 Å². The molecule has 4 heteroatoms. The number of nitrogens with one attached hydrogen (secondary N) is 1. The van der Waals surface area contributed by atoms with Gasteiger partial charge in [-0.2, -0.15) is 0 Å². The number of hydrogen-bond acceptors (Lipinski definition) is 4. The Bertz CT molecular complexity index is 3100. The van der Waals surface area contributed by atoms with Crippen LogP contribution in [0.4, 0.5) is 0 Å². The molecule has 0 saturated carbocycles. The maximum atomic E-state index is 6.49. The second kappa shape index (κ2) is 12.6. The highest BCUT2D eigenvalue weighted by molar-refractivity contribution is 6.19. The molecule has 1 aromatic heterocycles. The lowest BCUT2D eigenvalue weighted by Gasteiger charge is -2.46. The first-order valence-corrected chi connectivity index (χ1v) is 20.9. The summed E-state index contributed by atoms with van der Waals surface area (Å²) in [4.78, 5) is 10.8. The lowest BCUT2D eigenvalue weighted by molar-refractivity contribution is 0.518. The summed E-state index contributed by atoms with van der Waals surface area (Å²) < 4.78 is 6.49. The monoisotopic (exact) mass is 771 g/mol. The fraction of sp³-hybridized carbons (Fsp3) is 0.143. The van der Waals surface area contributed by atoms with E-state index in [1.807, 2.05) is 30.3 Å². The molecule has 8 aromatic rings. The number of amidine groups is 2. The molecule has 286 valence electrons. The first kappa shape index (κ1) is 34.8. The zero-order chi connectivity index (χ0) is 40.2. The van der Waals surface area contributed by atoms with Gasteiger partial charge in [0.25, 0.3) is 0 Å². The van der Waals surface area contributed by atoms with Crippen LogP contribution in [0.2, 0.25) is 0 Å². The van der Waals surface area contributed by atoms with Gasteiger partial charge in [-0.1, -0.05) is 178 Å². The molecule has 7 aromatic carbocycles. The third kappa shape index (κ3) is 4.81. The van der Waals surface area contributed by atoms with Crippen molar-refractivity contribution in [2.24, 2.45) is 9.98 Å². The van der Waals surface area contributed by atoms with E-state index in [1.54, 1.807) is 0 Å². The van der Waals surface area contributed by atoms with E-state index >= 15 is 0 Å². The van der Waals surface area contributed by atoms with E-state index in [1.165, 1.54) is 61.0 Å². The van der Waals surface area contributed by atoms with Crippen molar-refractivity contribution in [3.05, 3.63) is 243 Å². The quantitative estimate of drug-likeness (QED) is 0.194. The van der Waals surface area contributed by atoms with E-state index in [-0.39, 0.29) is 11.3 Å². The maximum absolute atomic E-state index is 6.49. The third-order valence-corrected chi connectivity index (χ3v) is 13.6. The molecule has 1 N–H and O–H groups in total. The first-order chi connectivity index (χ1) is 29.3. The van der Waals surface area contributed by atoms with Crippen LogP contribution in [0, 0.1) is 12.1 Å². The zero-order valence-electron chi connectivity index (χ0n) is 33.8. The fourth-order valence-corrected chi connectivity index (χ4v) is 10.8. The number of furan rings is 1. The Hall–Kier alpha value is -7.22. The van der Waals surface area contributed by atoms with Gasteiger partial charge in [-0.15, -0.1) is 0 Å². The average molecular weight is 772 g/mol. The molecule has 4 aliphatic rings. The van der Waals surface area contributed by atoms with Gasteiger partial charge in [-0.3, -0.25) is 0 Å². The fourth-order valence-electron chi connectivity index (χ4n) is 10.8. The number of para-hydroxylation sites is 1. The molecule has 2 heterocycles. The summed E-state index contributed by atoms with van der Waals surface area (Å²) in [5, 5.41) is 4.91. The van der Waals surface area contributed by atoms with Crippen LogP contribution in [0.1, 0.15) is 93.6 Å². The minimum absolute atomic E-state index is 0.149. The summed E-state index contributed by atoms with van der Waals surface area (Å²) in [5.41, 5.74) is 14.9. The second-order valence-corrected chi connectivity index (χ2v) is 17.2. The number of allylic oxidation sites excluding steroid dienone is 1. The van der Waals surface area contributed by atoms with Gasteiger partial charge in [0.05, 0.1) is 11.0 Å². The topological polar surface area (TPSA) is 49.9 Å². The van der Waals surface area contributed by atoms with Crippen molar-refractivity contribution in [3.8, 4) is 11.1 Å². The smallest absolute Gasteiger partial charge is 0.177 e. The van der Waals surface area contributed by atoms with Gasteiger partial charge in [-0.05, 0) is 75.2 Å². The summed E-state index contributed by atoms with van der Waals surface area (Å²) in [7, 11) is 0. The molecule has 0 bridgehead atoms. The number of benzene rings is 6. The van der Waals surface area contributed by atoms with Crippen molar-refractivity contribution >= 4 is 28.7 Å². The molecule has 60 heavy (non-hydrogen) atoms. The number of aliphatic imine (C=N–C) groups is 2. The molecule has 0 radical (unpaired) electrons. The van der Waals surface area contributed by atoms with Gasteiger partial charge in [0.2, 0.25) is 0 Å². The van der Waals surface area contributed by atoms with Gasteiger partial charge in [0.1, 0.15) is 23.0 Å². The van der Waals surface area contributed by atoms with Crippen LogP contribution in [-0.2, 0) is 22.9 Å². The average Bonchev–Trinajstić information content (AvgIpc) is 3.82. The van der Waals surface area contributed by atoms with E-state index in [4.69, 9.17) is 14.4 Å². The Morgan fingerprint density at radius 1 is 0.633 bits per heavy atom. The van der Waals surface area contributed by atoms with Crippen LogP contribution in [0.15, 0.2) is 178 Å². The lowest BCUT2D eigenvalue weighted by atomic mass is 9.55. The largest absolute Gasteiger partial charge is 0.460 e. The summed E-state index contributed by atoms with van der Waals surface area (Å²) in [6.07, 6.45) is 5.43. The molecule has 0 amide bonds. The molecule has 0 saturated heterocycles. The predicted molar refractivity (Wildman–Crippen MR) is 242 cm³/mol. The second-order valence-electron chi connectivity index (χ2n) is 17.2. The highest BCUT2D eigenvalue weighted by atomic mass is 16.3. The molecule has 2 atom stereocenters. The summed E-state index contributed by atoms with van der Waals surface area (Å²) in [5.74, 6) is 2.68. The number of rotatable bonds is 4. The van der Waals surface area contributed by atoms with Crippen LogP contribution in [-0.4, -0.2) is 11.7 Å². The molecular weight excluding hydrogens is 731 g/mol. The molecule has 1 spiro atoms. The Kier molecular flexibility index (Phi) is 7.33. The zero-order valence-corrected chi connectivity index (χ0v) is 33.8.